The lowest BCUT2D eigenvalue weighted by atomic mass is 9.94. The number of nitrogens with zero attached hydrogens (tertiary/aromatic N) is 2. The highest BCUT2D eigenvalue weighted by molar-refractivity contribution is 14.0. The summed E-state index contributed by atoms with van der Waals surface area (Å²) in [7, 11) is 3.45. The van der Waals surface area contributed by atoms with Gasteiger partial charge in [0.1, 0.15) is 12.3 Å². The predicted molar refractivity (Wildman–Crippen MR) is 117 cm³/mol. The predicted octanol–water partition coefficient (Wildman–Crippen LogP) is 2.37. The zero-order valence-electron chi connectivity index (χ0n) is 15.9. The lowest BCUT2D eigenvalue weighted by molar-refractivity contribution is -0.127. The average Bonchev–Trinajstić information content (AvgIpc) is 3.00. The summed E-state index contributed by atoms with van der Waals surface area (Å²) < 4.78 is 5.77. The SMILES string of the molecule is C=C(C)CNC(=NCC(=O)N(C)C)NC(C)C1COc2ccccc21.I. The lowest BCUT2D eigenvalue weighted by Gasteiger charge is -2.23. The van der Waals surface area contributed by atoms with Crippen molar-refractivity contribution in [2.45, 2.75) is 25.8 Å². The molecule has 1 heterocycles. The van der Waals surface area contributed by atoms with Gasteiger partial charge in [-0.15, -0.1) is 24.0 Å². The summed E-state index contributed by atoms with van der Waals surface area (Å²) in [4.78, 5) is 17.8. The number of carbonyl (C=O) groups excluding carboxylic acids is 1. The Hall–Kier alpha value is -1.77. The van der Waals surface area contributed by atoms with E-state index in [9.17, 15) is 4.79 Å². The number of carbonyl (C=O) groups is 1. The second-order valence-corrected chi connectivity index (χ2v) is 6.65. The summed E-state index contributed by atoms with van der Waals surface area (Å²) in [6.45, 7) is 9.28. The van der Waals surface area contributed by atoms with Crippen LogP contribution in [0.5, 0.6) is 5.75 Å². The molecule has 1 aromatic rings. The number of guanidine groups is 1. The summed E-state index contributed by atoms with van der Waals surface area (Å²) in [5.74, 6) is 1.74. The van der Waals surface area contributed by atoms with Gasteiger partial charge in [-0.3, -0.25) is 4.79 Å². The molecule has 0 spiro atoms. The maximum absolute atomic E-state index is 11.8. The molecule has 1 aliphatic rings. The van der Waals surface area contributed by atoms with Gasteiger partial charge in [-0.2, -0.15) is 0 Å². The summed E-state index contributed by atoms with van der Waals surface area (Å²) in [6, 6.07) is 8.20. The van der Waals surface area contributed by atoms with E-state index in [0.717, 1.165) is 11.3 Å². The molecule has 6 nitrogen and oxygen atoms in total. The van der Waals surface area contributed by atoms with Crippen LogP contribution < -0.4 is 15.4 Å². The molecule has 7 heteroatoms. The molecule has 0 saturated heterocycles. The van der Waals surface area contributed by atoms with Crippen molar-refractivity contribution in [2.75, 3.05) is 33.8 Å². The van der Waals surface area contributed by atoms with Crippen LogP contribution in [0.4, 0.5) is 0 Å². The van der Waals surface area contributed by atoms with Gasteiger partial charge in [0.25, 0.3) is 0 Å². The number of nitrogens with one attached hydrogen (secondary N) is 2. The van der Waals surface area contributed by atoms with Gasteiger partial charge >= 0.3 is 0 Å². The fraction of sp³-hybridized carbons (Fsp3) is 0.474. The lowest BCUT2D eigenvalue weighted by Crippen LogP contribution is -2.46. The van der Waals surface area contributed by atoms with E-state index in [1.807, 2.05) is 25.1 Å². The molecule has 0 bridgehead atoms. The number of para-hydroxylation sites is 1. The number of halogens is 1. The zero-order chi connectivity index (χ0) is 18.4. The number of amides is 1. The highest BCUT2D eigenvalue weighted by Crippen LogP contribution is 2.35. The second-order valence-electron chi connectivity index (χ2n) is 6.65. The molecule has 2 rings (SSSR count). The van der Waals surface area contributed by atoms with Crippen LogP contribution in [0.2, 0.25) is 0 Å². The molecule has 0 radical (unpaired) electrons. The van der Waals surface area contributed by atoms with Gasteiger partial charge in [-0.25, -0.2) is 4.99 Å². The Labute approximate surface area is 173 Å². The average molecular weight is 472 g/mol. The summed E-state index contributed by atoms with van der Waals surface area (Å²) >= 11 is 0. The Morgan fingerprint density at radius 2 is 2.12 bits per heavy atom. The highest BCUT2D eigenvalue weighted by atomic mass is 127. The van der Waals surface area contributed by atoms with E-state index in [2.05, 4.69) is 35.2 Å². The number of aliphatic imine (C=N–C) groups is 1. The van der Waals surface area contributed by atoms with Crippen molar-refractivity contribution in [2.24, 2.45) is 4.99 Å². The second kappa shape index (κ2) is 10.4. The van der Waals surface area contributed by atoms with E-state index in [4.69, 9.17) is 4.74 Å². The largest absolute Gasteiger partial charge is 0.493 e. The summed E-state index contributed by atoms with van der Waals surface area (Å²) in [6.07, 6.45) is 0. The topological polar surface area (TPSA) is 66.0 Å². The molecular weight excluding hydrogens is 443 g/mol. The number of likely N-dealkylation sites (N-methyl/N-ethyl adjacent to an activating group) is 1. The minimum Gasteiger partial charge on any atom is -0.493 e. The molecule has 0 fully saturated rings. The van der Waals surface area contributed by atoms with E-state index in [1.54, 1.807) is 14.1 Å². The van der Waals surface area contributed by atoms with Crippen molar-refractivity contribution in [3.8, 4) is 5.75 Å². The molecule has 0 aliphatic carbocycles. The maximum atomic E-state index is 11.8. The first-order valence-electron chi connectivity index (χ1n) is 8.49. The van der Waals surface area contributed by atoms with Crippen LogP contribution in [0.15, 0.2) is 41.4 Å². The van der Waals surface area contributed by atoms with Gasteiger partial charge in [0.2, 0.25) is 5.91 Å². The number of benzene rings is 1. The Morgan fingerprint density at radius 1 is 1.42 bits per heavy atom. The third-order valence-corrected chi connectivity index (χ3v) is 4.13. The number of hydrogen-bond acceptors (Lipinski definition) is 3. The first-order chi connectivity index (χ1) is 11.9. The van der Waals surface area contributed by atoms with E-state index < -0.39 is 0 Å². The minimum atomic E-state index is -0.0429. The number of rotatable bonds is 6. The molecule has 26 heavy (non-hydrogen) atoms. The molecule has 144 valence electrons. The zero-order valence-corrected chi connectivity index (χ0v) is 18.2. The van der Waals surface area contributed by atoms with Gasteiger partial charge in [0, 0.05) is 38.2 Å². The fourth-order valence-electron chi connectivity index (χ4n) is 2.59. The molecule has 2 atom stereocenters. The molecular formula is C19H29IN4O2. The summed E-state index contributed by atoms with van der Waals surface area (Å²) in [5.41, 5.74) is 2.20. The van der Waals surface area contributed by atoms with Crippen LogP contribution in [-0.4, -0.2) is 56.6 Å². The molecule has 2 unspecified atom stereocenters. The molecule has 1 amide bonds. The van der Waals surface area contributed by atoms with Gasteiger partial charge in [0.15, 0.2) is 5.96 Å². The van der Waals surface area contributed by atoms with Crippen LogP contribution in [0.25, 0.3) is 0 Å². The van der Waals surface area contributed by atoms with Gasteiger partial charge in [-0.1, -0.05) is 30.4 Å². The monoisotopic (exact) mass is 472 g/mol. The number of fused-ring (bicyclic) bond motifs is 1. The van der Waals surface area contributed by atoms with Gasteiger partial charge in [0.05, 0.1) is 6.61 Å². The Balaban J connectivity index is 0.00000338. The fourth-order valence-corrected chi connectivity index (χ4v) is 2.59. The van der Waals surface area contributed by atoms with Crippen molar-refractivity contribution in [1.82, 2.24) is 15.5 Å². The van der Waals surface area contributed by atoms with Crippen LogP contribution in [-0.2, 0) is 4.79 Å². The Morgan fingerprint density at radius 3 is 2.77 bits per heavy atom. The van der Waals surface area contributed by atoms with Crippen molar-refractivity contribution in [3.05, 3.63) is 42.0 Å². The van der Waals surface area contributed by atoms with E-state index in [-0.39, 0.29) is 48.4 Å². The van der Waals surface area contributed by atoms with Crippen LogP contribution in [0.1, 0.15) is 25.3 Å². The van der Waals surface area contributed by atoms with E-state index in [1.165, 1.54) is 10.5 Å². The normalized spacial score (nSPS) is 16.6. The maximum Gasteiger partial charge on any atom is 0.243 e. The molecule has 1 aromatic carbocycles. The standard InChI is InChI=1S/C19H28N4O2.HI/c1-13(2)10-20-19(21-11-18(24)23(4)5)22-14(3)16-12-25-17-9-7-6-8-15(16)17;/h6-9,14,16H,1,10-12H2,2-5H3,(H2,20,21,22);1H. The minimum absolute atomic E-state index is 0. The third-order valence-electron chi connectivity index (χ3n) is 4.13. The van der Waals surface area contributed by atoms with E-state index >= 15 is 0 Å². The van der Waals surface area contributed by atoms with Gasteiger partial charge < -0.3 is 20.3 Å². The van der Waals surface area contributed by atoms with Crippen molar-refractivity contribution in [1.29, 1.82) is 0 Å². The van der Waals surface area contributed by atoms with Crippen LogP contribution in [0.3, 0.4) is 0 Å². The number of hydrogen-bond donors (Lipinski definition) is 2. The first-order valence-corrected chi connectivity index (χ1v) is 8.49. The number of ether oxygens (including phenoxy) is 1. The summed E-state index contributed by atoms with van der Waals surface area (Å²) in [5, 5.41) is 6.62. The molecule has 2 N–H and O–H groups in total. The van der Waals surface area contributed by atoms with Crippen molar-refractivity contribution < 1.29 is 9.53 Å². The van der Waals surface area contributed by atoms with Crippen molar-refractivity contribution in [3.63, 3.8) is 0 Å². The van der Waals surface area contributed by atoms with Crippen LogP contribution >= 0.6 is 24.0 Å². The Kier molecular flexibility index (Phi) is 8.91. The smallest absolute Gasteiger partial charge is 0.243 e. The molecule has 1 aliphatic heterocycles. The molecule has 0 saturated carbocycles. The molecule has 0 aromatic heterocycles. The highest BCUT2D eigenvalue weighted by Gasteiger charge is 2.29. The quantitative estimate of drug-likeness (QED) is 0.289. The first kappa shape index (κ1) is 22.3. The van der Waals surface area contributed by atoms with Crippen LogP contribution in [0, 0.1) is 0 Å². The van der Waals surface area contributed by atoms with E-state index in [0.29, 0.717) is 19.1 Å². The van der Waals surface area contributed by atoms with Gasteiger partial charge in [-0.05, 0) is 19.9 Å². The van der Waals surface area contributed by atoms with Crippen molar-refractivity contribution >= 4 is 35.8 Å². The third kappa shape index (κ3) is 6.19. The Bertz CT molecular complexity index is 661.